The number of benzene rings is 2. The molecular weight excluding hydrogens is 373 g/mol. The number of quaternary nitrogens is 1. The lowest BCUT2D eigenvalue weighted by molar-refractivity contribution is -0.901. The van der Waals surface area contributed by atoms with Crippen LogP contribution >= 0.6 is 23.2 Å². The van der Waals surface area contributed by atoms with Crippen LogP contribution in [-0.2, 0) is 6.54 Å². The normalized spacial score (nSPS) is 18.4. The molecule has 6 heteroatoms. The van der Waals surface area contributed by atoms with Crippen molar-refractivity contribution in [2.24, 2.45) is 0 Å². The lowest BCUT2D eigenvalue weighted by Crippen LogP contribution is -3.08. The van der Waals surface area contributed by atoms with Gasteiger partial charge in [0, 0.05) is 34.0 Å². The molecule has 1 saturated heterocycles. The smallest absolute Gasteiger partial charge is 0.231 e. The van der Waals surface area contributed by atoms with E-state index in [1.165, 1.54) is 17.0 Å². The Morgan fingerprint density at radius 1 is 1.12 bits per heavy atom. The Kier molecular flexibility index (Phi) is 4.65. The molecule has 134 valence electrons. The Labute approximate surface area is 161 Å². The standard InChI is InChI=1S/C20H17Cl2NO3/c21-15-4-3-5-16(22)13(15)10-18-19(25)12-6-7-17(24)14(20(12)26-18)11-23-8-1-2-9-23/h3-7,10,24H,1-2,8-9,11H2. The molecule has 4 rings (SSSR count). The van der Waals surface area contributed by atoms with Gasteiger partial charge in [0.25, 0.3) is 0 Å². The summed E-state index contributed by atoms with van der Waals surface area (Å²) in [6.45, 7) is 2.65. The minimum Gasteiger partial charge on any atom is -0.872 e. The molecule has 1 fully saturated rings. The summed E-state index contributed by atoms with van der Waals surface area (Å²) in [7, 11) is 0. The van der Waals surface area contributed by atoms with Crippen LogP contribution in [0.4, 0.5) is 0 Å². The maximum absolute atomic E-state index is 12.7. The van der Waals surface area contributed by atoms with Crippen LogP contribution in [0.15, 0.2) is 36.1 Å². The molecule has 2 aromatic rings. The molecular formula is C20H17Cl2NO3. The molecule has 0 amide bonds. The van der Waals surface area contributed by atoms with E-state index in [-0.39, 0.29) is 17.3 Å². The van der Waals surface area contributed by atoms with Gasteiger partial charge in [0.1, 0.15) is 12.3 Å². The first-order valence-corrected chi connectivity index (χ1v) is 9.35. The molecule has 4 nitrogen and oxygen atoms in total. The Bertz CT molecular complexity index is 897. The SMILES string of the molecule is O=C1C(=Cc2c(Cl)cccc2Cl)Oc2c1ccc([O-])c2C[NH+]1CCCC1. The molecule has 2 heterocycles. The number of fused-ring (bicyclic) bond motifs is 1. The number of allylic oxidation sites excluding steroid dienone is 1. The van der Waals surface area contributed by atoms with Gasteiger partial charge in [-0.05, 0) is 24.3 Å². The predicted molar refractivity (Wildman–Crippen MR) is 98.9 cm³/mol. The minimum absolute atomic E-state index is 0.0898. The summed E-state index contributed by atoms with van der Waals surface area (Å²) < 4.78 is 5.84. The number of hydrogen-bond donors (Lipinski definition) is 1. The van der Waals surface area contributed by atoms with E-state index in [0.717, 1.165) is 25.9 Å². The number of Topliss-reactive ketones (excluding diaryl/α,β-unsaturated/α-hetero) is 1. The van der Waals surface area contributed by atoms with Gasteiger partial charge >= 0.3 is 0 Å². The number of hydrogen-bond acceptors (Lipinski definition) is 3. The third-order valence-corrected chi connectivity index (χ3v) is 5.57. The molecule has 0 aliphatic carbocycles. The molecule has 26 heavy (non-hydrogen) atoms. The molecule has 0 aromatic heterocycles. The maximum Gasteiger partial charge on any atom is 0.231 e. The average Bonchev–Trinajstić information content (AvgIpc) is 3.23. The summed E-state index contributed by atoms with van der Waals surface area (Å²) >= 11 is 12.4. The van der Waals surface area contributed by atoms with Crippen molar-refractivity contribution in [2.75, 3.05) is 13.1 Å². The predicted octanol–water partition coefficient (Wildman–Crippen LogP) is 2.86. The average molecular weight is 390 g/mol. The highest BCUT2D eigenvalue weighted by atomic mass is 35.5. The summed E-state index contributed by atoms with van der Waals surface area (Å²) in [4.78, 5) is 14.1. The lowest BCUT2D eigenvalue weighted by Gasteiger charge is -2.19. The van der Waals surface area contributed by atoms with Crippen molar-refractivity contribution in [3.63, 3.8) is 0 Å². The summed E-state index contributed by atoms with van der Waals surface area (Å²) in [5.74, 6) is 0.177. The fourth-order valence-corrected chi connectivity index (χ4v) is 4.04. The number of halogens is 2. The Morgan fingerprint density at radius 2 is 1.81 bits per heavy atom. The van der Waals surface area contributed by atoms with Crippen LogP contribution < -0.4 is 14.7 Å². The number of carbonyl (C=O) groups excluding carboxylic acids is 1. The maximum atomic E-state index is 12.7. The Balaban J connectivity index is 1.72. The van der Waals surface area contributed by atoms with Gasteiger partial charge in [-0.15, -0.1) is 0 Å². The second-order valence-corrected chi connectivity index (χ2v) is 7.44. The zero-order valence-corrected chi connectivity index (χ0v) is 15.5. The molecule has 2 aromatic carbocycles. The first-order valence-electron chi connectivity index (χ1n) is 8.59. The second-order valence-electron chi connectivity index (χ2n) is 6.63. The highest BCUT2D eigenvalue weighted by Gasteiger charge is 2.31. The topological polar surface area (TPSA) is 53.8 Å². The van der Waals surface area contributed by atoms with Crippen LogP contribution in [-0.4, -0.2) is 18.9 Å². The van der Waals surface area contributed by atoms with E-state index in [2.05, 4.69) is 0 Å². The van der Waals surface area contributed by atoms with Crippen molar-refractivity contribution in [3.8, 4) is 11.5 Å². The van der Waals surface area contributed by atoms with Crippen LogP contribution in [0, 0.1) is 0 Å². The molecule has 0 unspecified atom stereocenters. The van der Waals surface area contributed by atoms with E-state index < -0.39 is 0 Å². The molecule has 2 aliphatic rings. The van der Waals surface area contributed by atoms with E-state index in [1.54, 1.807) is 24.3 Å². The lowest BCUT2D eigenvalue weighted by atomic mass is 10.0. The first-order chi connectivity index (χ1) is 12.5. The largest absolute Gasteiger partial charge is 0.872 e. The fraction of sp³-hybridized carbons (Fsp3) is 0.250. The van der Waals surface area contributed by atoms with Crippen molar-refractivity contribution in [3.05, 3.63) is 62.8 Å². The summed E-state index contributed by atoms with van der Waals surface area (Å²) in [5.41, 5.74) is 1.52. The second kappa shape index (κ2) is 6.95. The molecule has 0 radical (unpaired) electrons. The molecule has 0 bridgehead atoms. The monoisotopic (exact) mass is 389 g/mol. The van der Waals surface area contributed by atoms with Gasteiger partial charge in [0.05, 0.1) is 18.7 Å². The number of ether oxygens (including phenoxy) is 1. The molecule has 0 spiro atoms. The van der Waals surface area contributed by atoms with Crippen molar-refractivity contribution in [1.29, 1.82) is 0 Å². The van der Waals surface area contributed by atoms with Crippen LogP contribution in [0.2, 0.25) is 10.0 Å². The Morgan fingerprint density at radius 3 is 2.50 bits per heavy atom. The number of likely N-dealkylation sites (tertiary alicyclic amines) is 1. The third kappa shape index (κ3) is 3.09. The minimum atomic E-state index is -0.256. The number of ketones is 1. The van der Waals surface area contributed by atoms with Crippen LogP contribution in [0.1, 0.15) is 34.3 Å². The van der Waals surface area contributed by atoms with Gasteiger partial charge in [-0.3, -0.25) is 4.79 Å². The highest BCUT2D eigenvalue weighted by molar-refractivity contribution is 6.37. The Hall–Kier alpha value is -2.01. The highest BCUT2D eigenvalue weighted by Crippen LogP contribution is 2.39. The van der Waals surface area contributed by atoms with E-state index in [0.29, 0.717) is 39.0 Å². The van der Waals surface area contributed by atoms with Gasteiger partial charge in [0.2, 0.25) is 5.78 Å². The summed E-state index contributed by atoms with van der Waals surface area (Å²) in [5, 5.41) is 13.2. The summed E-state index contributed by atoms with van der Waals surface area (Å²) in [6.07, 6.45) is 3.87. The first kappa shape index (κ1) is 17.4. The molecule has 1 N–H and O–H groups in total. The van der Waals surface area contributed by atoms with Crippen LogP contribution in [0.3, 0.4) is 0 Å². The zero-order chi connectivity index (χ0) is 18.3. The molecule has 0 atom stereocenters. The summed E-state index contributed by atoms with van der Waals surface area (Å²) in [6, 6.07) is 8.13. The van der Waals surface area contributed by atoms with Gasteiger partial charge in [-0.25, -0.2) is 0 Å². The number of rotatable bonds is 3. The van der Waals surface area contributed by atoms with Crippen molar-refractivity contribution >= 4 is 35.1 Å². The molecule has 0 saturated carbocycles. The van der Waals surface area contributed by atoms with Crippen molar-refractivity contribution < 1.29 is 19.5 Å². The zero-order valence-electron chi connectivity index (χ0n) is 14.0. The van der Waals surface area contributed by atoms with E-state index in [4.69, 9.17) is 27.9 Å². The van der Waals surface area contributed by atoms with Gasteiger partial charge < -0.3 is 14.7 Å². The van der Waals surface area contributed by atoms with Crippen LogP contribution in [0.5, 0.6) is 11.5 Å². The van der Waals surface area contributed by atoms with Crippen molar-refractivity contribution in [1.82, 2.24) is 0 Å². The number of carbonyl (C=O) groups is 1. The quantitative estimate of drug-likeness (QED) is 0.821. The van der Waals surface area contributed by atoms with E-state index >= 15 is 0 Å². The van der Waals surface area contributed by atoms with Crippen LogP contribution in [0.25, 0.3) is 6.08 Å². The van der Waals surface area contributed by atoms with Gasteiger partial charge in [-0.2, -0.15) is 0 Å². The number of nitrogens with one attached hydrogen (secondary N) is 1. The fourth-order valence-electron chi connectivity index (χ4n) is 3.54. The van der Waals surface area contributed by atoms with Crippen molar-refractivity contribution in [2.45, 2.75) is 19.4 Å². The van der Waals surface area contributed by atoms with Gasteiger partial charge in [-0.1, -0.05) is 41.1 Å². The van der Waals surface area contributed by atoms with Gasteiger partial charge in [0.15, 0.2) is 5.76 Å². The van der Waals surface area contributed by atoms with E-state index in [9.17, 15) is 9.90 Å². The molecule has 2 aliphatic heterocycles. The van der Waals surface area contributed by atoms with E-state index in [1.807, 2.05) is 0 Å². The third-order valence-electron chi connectivity index (χ3n) is 4.91.